The summed E-state index contributed by atoms with van der Waals surface area (Å²) in [6.07, 6.45) is 1.03. The Kier molecular flexibility index (Phi) is 5.90. The second kappa shape index (κ2) is 7.25. The molecule has 0 amide bonds. The largest absolute Gasteiger partial charge is 0.497 e. The Balaban J connectivity index is 2.31. The molecular formula is C13H22N2O. The molecule has 0 aromatic heterocycles. The van der Waals surface area contributed by atoms with Crippen LogP contribution in [0.2, 0.25) is 0 Å². The van der Waals surface area contributed by atoms with Crippen LogP contribution in [-0.2, 0) is 6.42 Å². The van der Waals surface area contributed by atoms with Gasteiger partial charge in [-0.15, -0.1) is 0 Å². The van der Waals surface area contributed by atoms with Crippen molar-refractivity contribution >= 4 is 0 Å². The quantitative estimate of drug-likeness (QED) is 0.732. The highest BCUT2D eigenvalue weighted by molar-refractivity contribution is 5.28. The van der Waals surface area contributed by atoms with E-state index in [1.807, 2.05) is 19.2 Å². The van der Waals surface area contributed by atoms with E-state index in [2.05, 4.69) is 29.7 Å². The van der Waals surface area contributed by atoms with Gasteiger partial charge in [0.05, 0.1) is 7.11 Å². The maximum atomic E-state index is 5.19. The standard InChI is InChI=1S/C13H22N2O/c1-11(10-14-2)15-8-7-12-5-4-6-13(9-12)16-3/h4-6,9,11,14-15H,7-8,10H2,1-3H3. The normalized spacial score (nSPS) is 12.4. The van der Waals surface area contributed by atoms with Crippen LogP contribution in [0.25, 0.3) is 0 Å². The van der Waals surface area contributed by atoms with Crippen LogP contribution in [0.5, 0.6) is 5.75 Å². The van der Waals surface area contributed by atoms with Gasteiger partial charge in [0.1, 0.15) is 5.75 Å². The van der Waals surface area contributed by atoms with E-state index in [-0.39, 0.29) is 0 Å². The molecule has 0 spiro atoms. The zero-order chi connectivity index (χ0) is 11.8. The van der Waals surface area contributed by atoms with E-state index in [0.717, 1.165) is 25.3 Å². The van der Waals surface area contributed by atoms with Crippen molar-refractivity contribution in [3.63, 3.8) is 0 Å². The third-order valence-electron chi connectivity index (χ3n) is 2.55. The van der Waals surface area contributed by atoms with Gasteiger partial charge < -0.3 is 15.4 Å². The van der Waals surface area contributed by atoms with Crippen molar-refractivity contribution in [3.05, 3.63) is 29.8 Å². The summed E-state index contributed by atoms with van der Waals surface area (Å²) in [5.74, 6) is 0.931. The number of rotatable bonds is 7. The second-order valence-electron chi connectivity index (χ2n) is 4.01. The molecule has 0 saturated carbocycles. The number of benzene rings is 1. The highest BCUT2D eigenvalue weighted by Crippen LogP contribution is 2.12. The zero-order valence-electron chi connectivity index (χ0n) is 10.4. The molecule has 2 N–H and O–H groups in total. The van der Waals surface area contributed by atoms with Gasteiger partial charge in [-0.2, -0.15) is 0 Å². The molecule has 3 heteroatoms. The predicted octanol–water partition coefficient (Wildman–Crippen LogP) is 1.44. The van der Waals surface area contributed by atoms with Gasteiger partial charge in [0, 0.05) is 12.6 Å². The molecule has 1 unspecified atom stereocenters. The minimum atomic E-state index is 0.510. The molecule has 0 heterocycles. The monoisotopic (exact) mass is 222 g/mol. The van der Waals surface area contributed by atoms with E-state index in [1.54, 1.807) is 7.11 Å². The molecule has 90 valence electrons. The van der Waals surface area contributed by atoms with E-state index in [1.165, 1.54) is 5.56 Å². The summed E-state index contributed by atoms with van der Waals surface area (Å²) in [5.41, 5.74) is 1.31. The Bertz CT molecular complexity index is 302. The smallest absolute Gasteiger partial charge is 0.119 e. The number of likely N-dealkylation sites (N-methyl/N-ethyl adjacent to an activating group) is 1. The van der Waals surface area contributed by atoms with Gasteiger partial charge in [-0.3, -0.25) is 0 Å². The first-order valence-electron chi connectivity index (χ1n) is 5.77. The Labute approximate surface area is 98.2 Å². The highest BCUT2D eigenvalue weighted by Gasteiger charge is 1.99. The molecule has 1 aromatic rings. The van der Waals surface area contributed by atoms with Crippen molar-refractivity contribution < 1.29 is 4.74 Å². The fraction of sp³-hybridized carbons (Fsp3) is 0.538. The molecular weight excluding hydrogens is 200 g/mol. The Morgan fingerprint density at radius 2 is 2.19 bits per heavy atom. The maximum absolute atomic E-state index is 5.19. The average molecular weight is 222 g/mol. The number of ether oxygens (including phenoxy) is 1. The van der Waals surface area contributed by atoms with Crippen LogP contribution in [0.4, 0.5) is 0 Å². The summed E-state index contributed by atoms with van der Waals surface area (Å²) in [6.45, 7) is 4.18. The molecule has 1 aromatic carbocycles. The van der Waals surface area contributed by atoms with Crippen LogP contribution in [0, 0.1) is 0 Å². The molecule has 0 bridgehead atoms. The van der Waals surface area contributed by atoms with E-state index < -0.39 is 0 Å². The van der Waals surface area contributed by atoms with Crippen molar-refractivity contribution in [2.45, 2.75) is 19.4 Å². The van der Waals surface area contributed by atoms with E-state index >= 15 is 0 Å². The van der Waals surface area contributed by atoms with Gasteiger partial charge in [0.15, 0.2) is 0 Å². The summed E-state index contributed by atoms with van der Waals surface area (Å²) in [4.78, 5) is 0. The van der Waals surface area contributed by atoms with Gasteiger partial charge in [-0.25, -0.2) is 0 Å². The van der Waals surface area contributed by atoms with Crippen molar-refractivity contribution in [2.75, 3.05) is 27.2 Å². The lowest BCUT2D eigenvalue weighted by atomic mass is 10.1. The molecule has 0 aliphatic carbocycles. The first-order valence-corrected chi connectivity index (χ1v) is 5.77. The molecule has 0 aliphatic heterocycles. The fourth-order valence-electron chi connectivity index (χ4n) is 1.67. The number of hydrogen-bond acceptors (Lipinski definition) is 3. The molecule has 3 nitrogen and oxygen atoms in total. The third-order valence-corrected chi connectivity index (χ3v) is 2.55. The molecule has 1 rings (SSSR count). The van der Waals surface area contributed by atoms with Crippen LogP contribution >= 0.6 is 0 Å². The Hall–Kier alpha value is -1.06. The van der Waals surface area contributed by atoms with Crippen LogP contribution in [-0.4, -0.2) is 33.3 Å². The van der Waals surface area contributed by atoms with Crippen molar-refractivity contribution in [1.29, 1.82) is 0 Å². The SMILES string of the molecule is CNCC(C)NCCc1cccc(OC)c1. The van der Waals surface area contributed by atoms with E-state index in [4.69, 9.17) is 4.74 Å². The molecule has 0 saturated heterocycles. The summed E-state index contributed by atoms with van der Waals surface area (Å²) >= 11 is 0. The van der Waals surface area contributed by atoms with Gasteiger partial charge >= 0.3 is 0 Å². The summed E-state index contributed by atoms with van der Waals surface area (Å²) < 4.78 is 5.19. The molecule has 1 atom stereocenters. The first kappa shape index (κ1) is 13.0. The number of nitrogens with one attached hydrogen (secondary N) is 2. The lowest BCUT2D eigenvalue weighted by Crippen LogP contribution is -2.35. The van der Waals surface area contributed by atoms with Crippen molar-refractivity contribution in [2.24, 2.45) is 0 Å². The van der Waals surface area contributed by atoms with Crippen LogP contribution in [0.3, 0.4) is 0 Å². The molecule has 0 fully saturated rings. The molecule has 0 aliphatic rings. The average Bonchev–Trinajstić information content (AvgIpc) is 2.30. The van der Waals surface area contributed by atoms with E-state index in [0.29, 0.717) is 6.04 Å². The topological polar surface area (TPSA) is 33.3 Å². The minimum Gasteiger partial charge on any atom is -0.497 e. The molecule has 0 radical (unpaired) electrons. The number of hydrogen-bond donors (Lipinski definition) is 2. The van der Waals surface area contributed by atoms with Gasteiger partial charge in [-0.05, 0) is 44.6 Å². The predicted molar refractivity (Wildman–Crippen MR) is 68.1 cm³/mol. The lowest BCUT2D eigenvalue weighted by Gasteiger charge is -2.13. The van der Waals surface area contributed by atoms with Crippen LogP contribution < -0.4 is 15.4 Å². The second-order valence-corrected chi connectivity index (χ2v) is 4.01. The third kappa shape index (κ3) is 4.64. The Morgan fingerprint density at radius 3 is 2.88 bits per heavy atom. The summed E-state index contributed by atoms with van der Waals surface area (Å²) in [6, 6.07) is 8.74. The number of methoxy groups -OCH3 is 1. The van der Waals surface area contributed by atoms with Gasteiger partial charge in [0.25, 0.3) is 0 Å². The fourth-order valence-corrected chi connectivity index (χ4v) is 1.67. The molecule has 16 heavy (non-hydrogen) atoms. The lowest BCUT2D eigenvalue weighted by molar-refractivity contribution is 0.414. The van der Waals surface area contributed by atoms with Crippen LogP contribution in [0.15, 0.2) is 24.3 Å². The summed E-state index contributed by atoms with van der Waals surface area (Å²) in [7, 11) is 3.67. The van der Waals surface area contributed by atoms with Crippen LogP contribution in [0.1, 0.15) is 12.5 Å². The van der Waals surface area contributed by atoms with E-state index in [9.17, 15) is 0 Å². The summed E-state index contributed by atoms with van der Waals surface area (Å²) in [5, 5.41) is 6.62. The maximum Gasteiger partial charge on any atom is 0.119 e. The Morgan fingerprint density at radius 1 is 1.38 bits per heavy atom. The zero-order valence-corrected chi connectivity index (χ0v) is 10.4. The highest BCUT2D eigenvalue weighted by atomic mass is 16.5. The first-order chi connectivity index (χ1) is 7.76. The van der Waals surface area contributed by atoms with Gasteiger partial charge in [-0.1, -0.05) is 12.1 Å². The van der Waals surface area contributed by atoms with Crippen molar-refractivity contribution in [1.82, 2.24) is 10.6 Å². The van der Waals surface area contributed by atoms with Gasteiger partial charge in [0.2, 0.25) is 0 Å². The minimum absolute atomic E-state index is 0.510. The van der Waals surface area contributed by atoms with Crippen molar-refractivity contribution in [3.8, 4) is 5.75 Å².